The minimum absolute atomic E-state index is 0.112. The van der Waals surface area contributed by atoms with Crippen LogP contribution in [0.15, 0.2) is 42.5 Å². The lowest BCUT2D eigenvalue weighted by Crippen LogP contribution is -2.21. The first kappa shape index (κ1) is 22.1. The second-order valence-electron chi connectivity index (χ2n) is 7.18. The summed E-state index contributed by atoms with van der Waals surface area (Å²) in [5.74, 6) is 0.0750. The number of benzene rings is 2. The third kappa shape index (κ3) is 6.75. The summed E-state index contributed by atoms with van der Waals surface area (Å²) in [5, 5.41) is 5.52. The smallest absolute Gasteiger partial charge is 0.262 e. The summed E-state index contributed by atoms with van der Waals surface area (Å²) < 4.78 is 5.56. The molecule has 29 heavy (non-hydrogen) atoms. The quantitative estimate of drug-likeness (QED) is 0.598. The van der Waals surface area contributed by atoms with Crippen LogP contribution < -0.4 is 15.4 Å². The van der Waals surface area contributed by atoms with Crippen LogP contribution in [0.25, 0.3) is 0 Å². The highest BCUT2D eigenvalue weighted by Crippen LogP contribution is 2.24. The van der Waals surface area contributed by atoms with Crippen LogP contribution in [0.3, 0.4) is 0 Å². The molecule has 0 bridgehead atoms. The van der Waals surface area contributed by atoms with Gasteiger partial charge >= 0.3 is 0 Å². The average Bonchev–Trinajstić information content (AvgIpc) is 2.67. The number of carbonyl (C=O) groups is 3. The fraction of sp³-hybridized carbons (Fsp3) is 0.348. The van der Waals surface area contributed by atoms with E-state index in [1.807, 2.05) is 31.2 Å². The van der Waals surface area contributed by atoms with Gasteiger partial charge in [0.05, 0.1) is 5.56 Å². The molecular weight excluding hydrogens is 368 g/mol. The highest BCUT2D eigenvalue weighted by atomic mass is 16.5. The van der Waals surface area contributed by atoms with Crippen molar-refractivity contribution in [2.24, 2.45) is 0 Å². The van der Waals surface area contributed by atoms with Gasteiger partial charge in [-0.3, -0.25) is 14.4 Å². The number of Topliss-reactive ketones (excluding diaryl/α,β-unsaturated/α-hetero) is 1. The molecule has 2 amide bonds. The van der Waals surface area contributed by atoms with E-state index in [9.17, 15) is 14.4 Å². The number of ketones is 1. The van der Waals surface area contributed by atoms with E-state index in [0.29, 0.717) is 35.0 Å². The van der Waals surface area contributed by atoms with Gasteiger partial charge in [0.15, 0.2) is 12.4 Å². The van der Waals surface area contributed by atoms with Crippen molar-refractivity contribution >= 4 is 29.0 Å². The van der Waals surface area contributed by atoms with Crippen molar-refractivity contribution in [1.82, 2.24) is 0 Å². The molecule has 0 aliphatic carbocycles. The van der Waals surface area contributed by atoms with Crippen LogP contribution >= 0.6 is 0 Å². The highest BCUT2D eigenvalue weighted by molar-refractivity contribution is 5.99. The second-order valence-corrected chi connectivity index (χ2v) is 7.18. The molecule has 0 heterocycles. The second kappa shape index (κ2) is 10.4. The topological polar surface area (TPSA) is 84.5 Å². The molecule has 0 atom stereocenters. The van der Waals surface area contributed by atoms with Gasteiger partial charge in [0, 0.05) is 17.8 Å². The van der Waals surface area contributed by atoms with Gasteiger partial charge in [-0.1, -0.05) is 32.9 Å². The Balaban J connectivity index is 2.00. The zero-order valence-corrected chi connectivity index (χ0v) is 17.4. The van der Waals surface area contributed by atoms with E-state index in [1.54, 1.807) is 18.2 Å². The molecule has 2 aromatic rings. The van der Waals surface area contributed by atoms with Gasteiger partial charge in [-0.05, 0) is 55.2 Å². The van der Waals surface area contributed by atoms with Crippen LogP contribution in [0.4, 0.5) is 11.4 Å². The predicted octanol–water partition coefficient (Wildman–Crippen LogP) is 4.77. The number of hydrogen-bond donors (Lipinski definition) is 2. The van der Waals surface area contributed by atoms with Gasteiger partial charge in [0.1, 0.15) is 5.75 Å². The Hall–Kier alpha value is -3.15. The number of anilines is 2. The fourth-order valence-electron chi connectivity index (χ4n) is 2.75. The molecular formula is C23H28N2O4. The summed E-state index contributed by atoms with van der Waals surface area (Å²) >= 11 is 0. The molecule has 0 spiro atoms. The minimum Gasteiger partial charge on any atom is -0.483 e. The van der Waals surface area contributed by atoms with Gasteiger partial charge < -0.3 is 15.4 Å². The van der Waals surface area contributed by atoms with Crippen molar-refractivity contribution in [2.45, 2.75) is 46.5 Å². The number of hydrogen-bond acceptors (Lipinski definition) is 4. The van der Waals surface area contributed by atoms with Crippen molar-refractivity contribution in [1.29, 1.82) is 0 Å². The zero-order valence-electron chi connectivity index (χ0n) is 17.4. The van der Waals surface area contributed by atoms with Crippen molar-refractivity contribution in [3.8, 4) is 5.75 Å². The van der Waals surface area contributed by atoms with Crippen molar-refractivity contribution in [2.75, 3.05) is 17.2 Å². The maximum atomic E-state index is 12.2. The molecule has 0 fully saturated rings. The molecule has 2 N–H and O–H groups in total. The van der Waals surface area contributed by atoms with E-state index >= 15 is 0 Å². The Morgan fingerprint density at radius 3 is 2.14 bits per heavy atom. The summed E-state index contributed by atoms with van der Waals surface area (Å²) in [4.78, 5) is 35.9. The lowest BCUT2D eigenvalue weighted by Gasteiger charge is -2.13. The zero-order chi connectivity index (χ0) is 21.4. The SMILES string of the molecule is CCCC(=O)Nc1ccc(OCC(=O)Nc2ccc(C(C)C)cc2)c(C(C)=O)c1. The van der Waals surface area contributed by atoms with E-state index in [2.05, 4.69) is 24.5 Å². The van der Waals surface area contributed by atoms with E-state index in [4.69, 9.17) is 4.74 Å². The third-order valence-electron chi connectivity index (χ3n) is 4.34. The first-order chi connectivity index (χ1) is 13.8. The van der Waals surface area contributed by atoms with E-state index in [-0.39, 0.29) is 24.2 Å². The molecule has 0 aliphatic rings. The van der Waals surface area contributed by atoms with Gasteiger partial charge in [0.2, 0.25) is 5.91 Å². The normalized spacial score (nSPS) is 10.5. The average molecular weight is 396 g/mol. The molecule has 0 aromatic heterocycles. The molecule has 0 unspecified atom stereocenters. The first-order valence-corrected chi connectivity index (χ1v) is 9.77. The number of rotatable bonds is 9. The fourth-order valence-corrected chi connectivity index (χ4v) is 2.75. The maximum absolute atomic E-state index is 12.2. The Kier molecular flexibility index (Phi) is 7.95. The van der Waals surface area contributed by atoms with E-state index in [1.165, 1.54) is 12.5 Å². The molecule has 2 aromatic carbocycles. The van der Waals surface area contributed by atoms with E-state index < -0.39 is 0 Å². The third-order valence-corrected chi connectivity index (χ3v) is 4.34. The molecule has 0 aliphatic heterocycles. The molecule has 6 nitrogen and oxygen atoms in total. The van der Waals surface area contributed by atoms with Crippen LogP contribution in [0, 0.1) is 0 Å². The van der Waals surface area contributed by atoms with Gasteiger partial charge in [-0.2, -0.15) is 0 Å². The van der Waals surface area contributed by atoms with Gasteiger partial charge in [0.25, 0.3) is 5.91 Å². The first-order valence-electron chi connectivity index (χ1n) is 9.77. The molecule has 0 radical (unpaired) electrons. The Bertz CT molecular complexity index is 873. The number of carbonyl (C=O) groups excluding carboxylic acids is 3. The van der Waals surface area contributed by atoms with Crippen LogP contribution in [-0.4, -0.2) is 24.2 Å². The van der Waals surface area contributed by atoms with Crippen LogP contribution in [0.1, 0.15) is 62.4 Å². The summed E-state index contributed by atoms with van der Waals surface area (Å²) in [6.07, 6.45) is 1.15. The summed E-state index contributed by atoms with van der Waals surface area (Å²) in [7, 11) is 0. The number of nitrogens with one attached hydrogen (secondary N) is 2. The van der Waals surface area contributed by atoms with Gasteiger partial charge in [-0.25, -0.2) is 0 Å². The van der Waals surface area contributed by atoms with E-state index in [0.717, 1.165) is 6.42 Å². The summed E-state index contributed by atoms with van der Waals surface area (Å²) in [5.41, 5.74) is 2.71. The lowest BCUT2D eigenvalue weighted by atomic mass is 10.0. The summed E-state index contributed by atoms with van der Waals surface area (Å²) in [6, 6.07) is 12.4. The molecule has 154 valence electrons. The standard InChI is InChI=1S/C23H28N2O4/c1-5-6-22(27)25-19-11-12-21(20(13-19)16(4)26)29-14-23(28)24-18-9-7-17(8-10-18)15(2)3/h7-13,15H,5-6,14H2,1-4H3,(H,24,28)(H,25,27). The molecule has 0 saturated heterocycles. The van der Waals surface area contributed by atoms with Crippen molar-refractivity contribution in [3.05, 3.63) is 53.6 Å². The molecule has 0 saturated carbocycles. The number of ether oxygens (including phenoxy) is 1. The minimum atomic E-state index is -0.322. The molecule has 6 heteroatoms. The Morgan fingerprint density at radius 2 is 1.55 bits per heavy atom. The predicted molar refractivity (Wildman–Crippen MR) is 115 cm³/mol. The maximum Gasteiger partial charge on any atom is 0.262 e. The monoisotopic (exact) mass is 396 g/mol. The highest BCUT2D eigenvalue weighted by Gasteiger charge is 2.13. The summed E-state index contributed by atoms with van der Waals surface area (Å²) in [6.45, 7) is 7.31. The van der Waals surface area contributed by atoms with Crippen molar-refractivity contribution in [3.63, 3.8) is 0 Å². The Morgan fingerprint density at radius 1 is 0.931 bits per heavy atom. The van der Waals surface area contributed by atoms with Gasteiger partial charge in [-0.15, -0.1) is 0 Å². The van der Waals surface area contributed by atoms with Crippen LogP contribution in [-0.2, 0) is 9.59 Å². The largest absolute Gasteiger partial charge is 0.483 e. The van der Waals surface area contributed by atoms with Crippen molar-refractivity contribution < 1.29 is 19.1 Å². The van der Waals surface area contributed by atoms with Crippen LogP contribution in [0.5, 0.6) is 5.75 Å². The number of amides is 2. The molecule has 2 rings (SSSR count). The lowest BCUT2D eigenvalue weighted by molar-refractivity contribution is -0.118. The van der Waals surface area contributed by atoms with Crippen LogP contribution in [0.2, 0.25) is 0 Å². The Labute approximate surface area is 171 Å².